The van der Waals surface area contributed by atoms with Gasteiger partial charge < -0.3 is 0 Å². The summed E-state index contributed by atoms with van der Waals surface area (Å²) in [5.41, 5.74) is 0. The van der Waals surface area contributed by atoms with Crippen LogP contribution in [0.25, 0.3) is 0 Å². The number of amides is 2. The lowest BCUT2D eigenvalue weighted by molar-refractivity contribution is -0.169. The van der Waals surface area contributed by atoms with E-state index in [1.54, 1.807) is 0 Å². The van der Waals surface area contributed by atoms with Crippen molar-refractivity contribution < 1.29 is 9.59 Å². The van der Waals surface area contributed by atoms with Crippen molar-refractivity contribution in [1.82, 2.24) is 10.0 Å². The van der Waals surface area contributed by atoms with Crippen LogP contribution in [0.1, 0.15) is 12.8 Å². The number of fused-ring (bicyclic) bond motifs is 1. The molecule has 4 heteroatoms. The highest BCUT2D eigenvalue weighted by atomic mass is 16.2. The molecule has 2 aliphatic heterocycles. The maximum Gasteiger partial charge on any atom is 0.241 e. The molecule has 0 aliphatic carbocycles. The molecule has 0 atom stereocenters. The van der Waals surface area contributed by atoms with Crippen molar-refractivity contribution in [2.24, 2.45) is 0 Å². The first-order valence-electron chi connectivity index (χ1n) is 4.04. The first kappa shape index (κ1) is 7.34. The molecule has 12 heavy (non-hydrogen) atoms. The van der Waals surface area contributed by atoms with Gasteiger partial charge in [0.1, 0.15) is 0 Å². The lowest BCUT2D eigenvalue weighted by Gasteiger charge is -2.39. The molecule has 0 spiro atoms. The van der Waals surface area contributed by atoms with Gasteiger partial charge in [0.05, 0.1) is 13.1 Å². The summed E-state index contributed by atoms with van der Waals surface area (Å²) in [4.78, 5) is 22.5. The molecule has 0 aromatic heterocycles. The molecule has 0 radical (unpaired) electrons. The molecule has 0 aromatic rings. The predicted molar refractivity (Wildman–Crippen MR) is 41.8 cm³/mol. The van der Waals surface area contributed by atoms with Gasteiger partial charge in [-0.15, -0.1) is 0 Å². The number of hydrogen-bond acceptors (Lipinski definition) is 2. The number of rotatable bonds is 0. The Bertz CT molecular complexity index is 234. The number of carbonyl (C=O) groups excluding carboxylic acids is 2. The zero-order chi connectivity index (χ0) is 8.55. The minimum atomic E-state index is 0.0546. The van der Waals surface area contributed by atoms with E-state index in [1.807, 2.05) is 12.2 Å². The van der Waals surface area contributed by atoms with E-state index in [9.17, 15) is 9.59 Å². The highest BCUT2D eigenvalue weighted by Crippen LogP contribution is 2.15. The maximum atomic E-state index is 11.3. The molecule has 0 aromatic carbocycles. The van der Waals surface area contributed by atoms with Gasteiger partial charge in [-0.3, -0.25) is 9.59 Å². The van der Waals surface area contributed by atoms with Gasteiger partial charge in [-0.05, 0) is 0 Å². The summed E-state index contributed by atoms with van der Waals surface area (Å²) < 4.78 is 0. The Morgan fingerprint density at radius 1 is 0.917 bits per heavy atom. The van der Waals surface area contributed by atoms with Gasteiger partial charge in [-0.1, -0.05) is 12.2 Å². The summed E-state index contributed by atoms with van der Waals surface area (Å²) in [5.74, 6) is 0.109. The molecule has 2 amide bonds. The van der Waals surface area contributed by atoms with Crippen LogP contribution in [-0.4, -0.2) is 34.9 Å². The predicted octanol–water partition coefficient (Wildman–Crippen LogP) is -0.0778. The average Bonchev–Trinajstić information content (AvgIpc) is 2.12. The van der Waals surface area contributed by atoms with Gasteiger partial charge in [0.2, 0.25) is 11.8 Å². The number of hydrogen-bond donors (Lipinski definition) is 0. The highest BCUT2D eigenvalue weighted by molar-refractivity contribution is 5.89. The normalized spacial score (nSPS) is 23.0. The van der Waals surface area contributed by atoms with Crippen LogP contribution in [-0.2, 0) is 9.59 Å². The molecule has 0 bridgehead atoms. The van der Waals surface area contributed by atoms with Crippen LogP contribution in [0.3, 0.4) is 0 Å². The lowest BCUT2D eigenvalue weighted by Crippen LogP contribution is -2.54. The first-order valence-corrected chi connectivity index (χ1v) is 4.04. The second kappa shape index (κ2) is 2.62. The minimum absolute atomic E-state index is 0.0546. The molecular formula is C8H10N2O2. The molecule has 2 heterocycles. The Morgan fingerprint density at radius 2 is 1.33 bits per heavy atom. The lowest BCUT2D eigenvalue weighted by atomic mass is 10.2. The number of hydrazine groups is 1. The van der Waals surface area contributed by atoms with Crippen molar-refractivity contribution in [1.29, 1.82) is 0 Å². The third-order valence-electron chi connectivity index (χ3n) is 2.14. The van der Waals surface area contributed by atoms with Gasteiger partial charge >= 0.3 is 0 Å². The summed E-state index contributed by atoms with van der Waals surface area (Å²) in [6.45, 7) is 1.09. The van der Waals surface area contributed by atoms with Gasteiger partial charge in [-0.2, -0.15) is 0 Å². The van der Waals surface area contributed by atoms with E-state index in [-0.39, 0.29) is 11.8 Å². The third-order valence-corrected chi connectivity index (χ3v) is 2.14. The first-order chi connectivity index (χ1) is 5.79. The van der Waals surface area contributed by atoms with Crippen LogP contribution in [0.4, 0.5) is 0 Å². The van der Waals surface area contributed by atoms with Crippen molar-refractivity contribution in [2.75, 3.05) is 13.1 Å². The van der Waals surface area contributed by atoms with Gasteiger partial charge in [0.25, 0.3) is 0 Å². The fourth-order valence-corrected chi connectivity index (χ4v) is 1.49. The Labute approximate surface area is 70.4 Å². The molecule has 1 fully saturated rings. The fourth-order valence-electron chi connectivity index (χ4n) is 1.49. The van der Waals surface area contributed by atoms with Crippen LogP contribution in [0.15, 0.2) is 12.2 Å². The summed E-state index contributed by atoms with van der Waals surface area (Å²) in [5, 5.41) is 3.04. The Kier molecular flexibility index (Phi) is 1.60. The van der Waals surface area contributed by atoms with E-state index in [1.165, 1.54) is 10.0 Å². The third kappa shape index (κ3) is 0.995. The minimum Gasteiger partial charge on any atom is -0.273 e. The molecule has 0 unspecified atom stereocenters. The van der Waals surface area contributed by atoms with Crippen LogP contribution in [0.5, 0.6) is 0 Å². The van der Waals surface area contributed by atoms with Gasteiger partial charge in [-0.25, -0.2) is 10.0 Å². The van der Waals surface area contributed by atoms with E-state index in [4.69, 9.17) is 0 Å². The van der Waals surface area contributed by atoms with Crippen molar-refractivity contribution in [3.63, 3.8) is 0 Å². The zero-order valence-corrected chi connectivity index (χ0v) is 6.69. The fraction of sp³-hybridized carbons (Fsp3) is 0.500. The van der Waals surface area contributed by atoms with E-state index in [0.29, 0.717) is 25.9 Å². The van der Waals surface area contributed by atoms with E-state index in [0.717, 1.165) is 0 Å². The summed E-state index contributed by atoms with van der Waals surface area (Å²) >= 11 is 0. The zero-order valence-electron chi connectivity index (χ0n) is 6.69. The van der Waals surface area contributed by atoms with Crippen molar-refractivity contribution in [3.8, 4) is 0 Å². The van der Waals surface area contributed by atoms with Crippen molar-refractivity contribution >= 4 is 11.8 Å². The standard InChI is InChI=1S/C8H10N2O2/c11-7-3-4-8(12)10-6-2-1-5-9(7)10/h1-2H,3-6H2. The van der Waals surface area contributed by atoms with Gasteiger partial charge in [0, 0.05) is 12.8 Å². The van der Waals surface area contributed by atoms with Gasteiger partial charge in [0.15, 0.2) is 0 Å². The molecule has 2 rings (SSSR count). The second-order valence-electron chi connectivity index (χ2n) is 2.92. The van der Waals surface area contributed by atoms with Crippen molar-refractivity contribution in [3.05, 3.63) is 12.2 Å². The second-order valence-corrected chi connectivity index (χ2v) is 2.92. The molecule has 1 saturated heterocycles. The highest BCUT2D eigenvalue weighted by Gasteiger charge is 2.31. The maximum absolute atomic E-state index is 11.3. The van der Waals surface area contributed by atoms with E-state index in [2.05, 4.69) is 0 Å². The van der Waals surface area contributed by atoms with Crippen LogP contribution in [0, 0.1) is 0 Å². The number of carbonyl (C=O) groups is 2. The van der Waals surface area contributed by atoms with Crippen LogP contribution in [0.2, 0.25) is 0 Å². The summed E-state index contributed by atoms with van der Waals surface area (Å²) in [6.07, 6.45) is 4.55. The summed E-state index contributed by atoms with van der Waals surface area (Å²) in [6, 6.07) is 0. The van der Waals surface area contributed by atoms with E-state index < -0.39 is 0 Å². The van der Waals surface area contributed by atoms with E-state index >= 15 is 0 Å². The Balaban J connectivity index is 2.23. The quantitative estimate of drug-likeness (QED) is 0.472. The Morgan fingerprint density at radius 3 is 1.75 bits per heavy atom. The molecule has 64 valence electrons. The van der Waals surface area contributed by atoms with Crippen LogP contribution < -0.4 is 0 Å². The SMILES string of the molecule is O=C1CCC(=O)N2CC=CCN12. The van der Waals surface area contributed by atoms with Crippen molar-refractivity contribution in [2.45, 2.75) is 12.8 Å². The number of nitrogens with zero attached hydrogens (tertiary/aromatic N) is 2. The largest absolute Gasteiger partial charge is 0.273 e. The molecular weight excluding hydrogens is 156 g/mol. The smallest absolute Gasteiger partial charge is 0.241 e. The Hall–Kier alpha value is -1.32. The molecule has 4 nitrogen and oxygen atoms in total. The molecule has 0 N–H and O–H groups in total. The molecule has 0 saturated carbocycles. The average molecular weight is 166 g/mol. The monoisotopic (exact) mass is 166 g/mol. The topological polar surface area (TPSA) is 40.6 Å². The summed E-state index contributed by atoms with van der Waals surface area (Å²) in [7, 11) is 0. The molecule has 2 aliphatic rings. The van der Waals surface area contributed by atoms with Crippen LogP contribution >= 0.6 is 0 Å².